The zero-order valence-electron chi connectivity index (χ0n) is 19.7. The number of benzene rings is 2. The summed E-state index contributed by atoms with van der Waals surface area (Å²) >= 11 is 5.32. The van der Waals surface area contributed by atoms with Crippen LogP contribution in [-0.2, 0) is 18.1 Å². The van der Waals surface area contributed by atoms with E-state index in [9.17, 15) is 22.4 Å². The lowest BCUT2D eigenvalue weighted by atomic mass is 10.0. The summed E-state index contributed by atoms with van der Waals surface area (Å²) in [4.78, 5) is 14.0. The highest BCUT2D eigenvalue weighted by molar-refractivity contribution is 7.59. The molecular formula is C24H31ClF4N2O3S. The third-order valence-corrected chi connectivity index (χ3v) is 4.52. The highest BCUT2D eigenvalue weighted by Crippen LogP contribution is 2.20. The van der Waals surface area contributed by atoms with Gasteiger partial charge in [0.05, 0.1) is 18.7 Å². The summed E-state index contributed by atoms with van der Waals surface area (Å²) in [5, 5.41) is 11.4. The smallest absolute Gasteiger partial charge is 0.408 e. The quantitative estimate of drug-likeness (QED) is 0.212. The van der Waals surface area contributed by atoms with Crippen LogP contribution in [0.2, 0.25) is 0 Å². The third kappa shape index (κ3) is 11.8. The lowest BCUT2D eigenvalue weighted by Crippen LogP contribution is -2.34. The monoisotopic (exact) mass is 538 g/mol. The number of carbonyl (C=O) groups excluding carboxylic acids is 1. The molecule has 35 heavy (non-hydrogen) atoms. The second kappa shape index (κ2) is 15.7. The first-order valence-electron chi connectivity index (χ1n) is 10.3. The van der Waals surface area contributed by atoms with E-state index in [1.807, 2.05) is 0 Å². The highest BCUT2D eigenvalue weighted by Gasteiger charge is 2.19. The molecule has 3 N–H and O–H groups in total. The first-order chi connectivity index (χ1) is 16.0. The molecular weight excluding hydrogens is 508 g/mol. The second-order valence-electron chi connectivity index (χ2n) is 8.26. The van der Waals surface area contributed by atoms with Gasteiger partial charge in [0.15, 0.2) is 0 Å². The van der Waals surface area contributed by atoms with E-state index < -0.39 is 48.8 Å². The van der Waals surface area contributed by atoms with Gasteiger partial charge in [-0.1, -0.05) is 18.2 Å². The van der Waals surface area contributed by atoms with Crippen molar-refractivity contribution in [3.05, 3.63) is 82.9 Å². The maximum atomic E-state index is 13.4. The Balaban J connectivity index is 0.000000680. The van der Waals surface area contributed by atoms with Gasteiger partial charge in [-0.3, -0.25) is 0 Å². The number of amides is 1. The predicted octanol–water partition coefficient (Wildman–Crippen LogP) is 6.23. The summed E-state index contributed by atoms with van der Waals surface area (Å²) in [6.45, 7) is 6.99. The van der Waals surface area contributed by atoms with E-state index in [4.69, 9.17) is 21.6 Å². The van der Waals surface area contributed by atoms with Crippen LogP contribution in [0.15, 0.2) is 49.1 Å². The van der Waals surface area contributed by atoms with Crippen molar-refractivity contribution >= 4 is 31.4 Å². The predicted molar refractivity (Wildman–Crippen MR) is 134 cm³/mol. The number of alkyl carbamates (subject to hydrolysis) is 1. The molecule has 0 bridgehead atoms. The van der Waals surface area contributed by atoms with Crippen molar-refractivity contribution in [1.29, 1.82) is 0 Å². The first-order valence-corrected chi connectivity index (χ1v) is 10.6. The third-order valence-electron chi connectivity index (χ3n) is 4.25. The highest BCUT2D eigenvalue weighted by atomic mass is 35.5. The first kappa shape index (κ1) is 32.7. The Morgan fingerprint density at radius 3 is 1.94 bits per heavy atom. The largest absolute Gasteiger partial charge is 0.444 e. The minimum Gasteiger partial charge on any atom is -0.444 e. The van der Waals surface area contributed by atoms with Crippen molar-refractivity contribution in [3.8, 4) is 0 Å². The molecule has 0 aromatic heterocycles. The fourth-order valence-corrected chi connectivity index (χ4v) is 3.00. The minimum absolute atomic E-state index is 0. The van der Waals surface area contributed by atoms with Crippen LogP contribution in [-0.4, -0.2) is 23.4 Å². The average Bonchev–Trinajstić information content (AvgIpc) is 2.76. The number of nitrogens with one attached hydrogen (secondary N) is 2. The topological polar surface area (TPSA) is 70.6 Å². The van der Waals surface area contributed by atoms with Gasteiger partial charge in [-0.25, -0.2) is 27.2 Å². The number of ether oxygens (including phenoxy) is 1. The Bertz CT molecular complexity index is 957. The Hall–Kier alpha value is -2.27. The average molecular weight is 539 g/mol. The molecule has 2 rings (SSSR count). The van der Waals surface area contributed by atoms with Gasteiger partial charge in [0.2, 0.25) is 0 Å². The van der Waals surface area contributed by atoms with Gasteiger partial charge in [0, 0.05) is 0 Å². The molecule has 0 aliphatic heterocycles. The molecule has 5 nitrogen and oxygen atoms in total. The molecule has 2 aromatic rings. The van der Waals surface area contributed by atoms with E-state index in [0.29, 0.717) is 11.1 Å². The number of rotatable bonds is 8. The van der Waals surface area contributed by atoms with Crippen molar-refractivity contribution < 1.29 is 32.2 Å². The van der Waals surface area contributed by atoms with Crippen molar-refractivity contribution in [1.82, 2.24) is 10.2 Å². The van der Waals surface area contributed by atoms with Gasteiger partial charge in [0.25, 0.3) is 0 Å². The molecule has 0 aliphatic carbocycles. The summed E-state index contributed by atoms with van der Waals surface area (Å²) in [7, 11) is 0. The van der Waals surface area contributed by atoms with E-state index in [-0.39, 0.29) is 31.2 Å². The van der Waals surface area contributed by atoms with Gasteiger partial charge in [0.1, 0.15) is 30.6 Å². The zero-order valence-corrected chi connectivity index (χ0v) is 21.4. The van der Waals surface area contributed by atoms with Gasteiger partial charge in [-0.05, 0) is 79.1 Å². The Morgan fingerprint density at radius 2 is 1.54 bits per heavy atom. The molecule has 0 saturated heterocycles. The van der Waals surface area contributed by atoms with E-state index in [2.05, 4.69) is 16.7 Å². The number of carbonyl (C=O) groups is 1. The molecule has 0 heterocycles. The zero-order chi connectivity index (χ0) is 25.9. The maximum absolute atomic E-state index is 13.4. The molecule has 0 spiro atoms. The number of halogens is 5. The summed E-state index contributed by atoms with van der Waals surface area (Å²) < 4.78 is 56.3. The minimum atomic E-state index is -0.777. The summed E-state index contributed by atoms with van der Waals surface area (Å²) in [5.41, 5.74) is 0.638. The lowest BCUT2D eigenvalue weighted by Gasteiger charge is -2.22. The van der Waals surface area contributed by atoms with Gasteiger partial charge < -0.3 is 15.2 Å². The number of aliphatic hydroxyl groups excluding tert-OH is 1. The number of alkyl halides is 2. The summed E-state index contributed by atoms with van der Waals surface area (Å²) in [6.07, 6.45) is 0.786. The molecule has 0 unspecified atom stereocenters. The summed E-state index contributed by atoms with van der Waals surface area (Å²) in [5.74, 6) is -1.10. The molecule has 2 atom stereocenters. The maximum Gasteiger partial charge on any atom is 0.408 e. The van der Waals surface area contributed by atoms with Crippen molar-refractivity contribution in [3.63, 3.8) is 0 Å². The van der Waals surface area contributed by atoms with Crippen LogP contribution in [0.4, 0.5) is 22.4 Å². The molecule has 0 saturated carbocycles. The Kier molecular flexibility index (Phi) is 14.7. The molecule has 0 aliphatic rings. The summed E-state index contributed by atoms with van der Waals surface area (Å²) in [6, 6.07) is 6.34. The van der Waals surface area contributed by atoms with E-state index in [1.165, 1.54) is 30.3 Å². The van der Waals surface area contributed by atoms with Crippen LogP contribution >= 0.6 is 25.3 Å². The van der Waals surface area contributed by atoms with Crippen LogP contribution in [0, 0.1) is 11.6 Å². The molecule has 1 amide bonds. The van der Waals surface area contributed by atoms with Gasteiger partial charge in [-0.15, -0.1) is 6.58 Å². The number of aliphatic hydroxyl groups is 1. The van der Waals surface area contributed by atoms with Crippen LogP contribution in [0.5, 0.6) is 0 Å². The standard InChI is InChI=1S/C15H19F2NO2.C9H10ClF2NO.H2S/c1-5-13(18-14(19)20-15(2,3)4)11-6-10(9-16)7-12(17)8-11;10-13-9(5-14)7-1-6(4-11)2-8(12)3-7;/h5-8,13H,1,9H2,2-4H3,(H,18,19);1-3,9,13-14H,4-5H2;1H2/t13-;9-;/m11./s1. The SMILES string of the molecule is C=C[C@@H](NC(=O)OC(C)(C)C)c1cc(F)cc(CF)c1.OC[C@@H](NCl)c1cc(F)cc(CF)c1.S. The van der Waals surface area contributed by atoms with Crippen LogP contribution in [0.3, 0.4) is 0 Å². The molecule has 196 valence electrons. The normalized spacial score (nSPS) is 12.4. The molecule has 0 radical (unpaired) electrons. The molecule has 0 fully saturated rings. The number of hydrogen-bond donors (Lipinski definition) is 3. The molecule has 11 heteroatoms. The van der Waals surface area contributed by atoms with Gasteiger partial charge in [-0.2, -0.15) is 13.5 Å². The van der Waals surface area contributed by atoms with Crippen molar-refractivity contribution in [2.24, 2.45) is 0 Å². The fourth-order valence-electron chi connectivity index (χ4n) is 2.80. The van der Waals surface area contributed by atoms with E-state index in [1.54, 1.807) is 20.8 Å². The van der Waals surface area contributed by atoms with Crippen molar-refractivity contribution in [2.45, 2.75) is 51.8 Å². The van der Waals surface area contributed by atoms with Crippen molar-refractivity contribution in [2.75, 3.05) is 6.61 Å². The van der Waals surface area contributed by atoms with E-state index in [0.717, 1.165) is 12.1 Å². The second-order valence-corrected chi connectivity index (χ2v) is 8.47. The van der Waals surface area contributed by atoms with E-state index >= 15 is 0 Å². The Morgan fingerprint density at radius 1 is 1.06 bits per heavy atom. The lowest BCUT2D eigenvalue weighted by molar-refractivity contribution is 0.0514. The number of hydrogen-bond acceptors (Lipinski definition) is 4. The van der Waals surface area contributed by atoms with Gasteiger partial charge >= 0.3 is 6.09 Å². The van der Waals surface area contributed by atoms with Crippen LogP contribution < -0.4 is 10.2 Å². The molecule has 2 aromatic carbocycles. The fraction of sp³-hybridized carbons (Fsp3) is 0.375. The van der Waals surface area contributed by atoms with Crippen LogP contribution in [0.1, 0.15) is 55.1 Å². The van der Waals surface area contributed by atoms with Crippen LogP contribution in [0.25, 0.3) is 0 Å². The Labute approximate surface area is 215 Å².